The van der Waals surface area contributed by atoms with Crippen molar-refractivity contribution in [3.05, 3.63) is 42.4 Å². The number of aryl methyl sites for hydroxylation is 1. The molecule has 0 bridgehead atoms. The number of nitrogens with one attached hydrogen (secondary N) is 1. The molecule has 3 aromatic rings. The lowest BCUT2D eigenvalue weighted by atomic mass is 10.1. The van der Waals surface area contributed by atoms with Crippen molar-refractivity contribution in [2.24, 2.45) is 13.0 Å². The summed E-state index contributed by atoms with van der Waals surface area (Å²) in [6.07, 6.45) is 3.19. The van der Waals surface area contributed by atoms with E-state index in [1.54, 1.807) is 35.1 Å². The van der Waals surface area contributed by atoms with E-state index in [9.17, 15) is 9.59 Å². The number of amides is 1. The summed E-state index contributed by atoms with van der Waals surface area (Å²) in [4.78, 5) is 33.0. The number of thioether (sulfide) groups is 1. The third-order valence-electron chi connectivity index (χ3n) is 4.11. The predicted molar refractivity (Wildman–Crippen MR) is 106 cm³/mol. The monoisotopic (exact) mass is 383 g/mol. The summed E-state index contributed by atoms with van der Waals surface area (Å²) in [6.45, 7) is 5.52. The summed E-state index contributed by atoms with van der Waals surface area (Å²) < 4.78 is 1.68. The van der Waals surface area contributed by atoms with E-state index >= 15 is 0 Å². The zero-order valence-electron chi connectivity index (χ0n) is 15.6. The van der Waals surface area contributed by atoms with Gasteiger partial charge in [0.15, 0.2) is 11.4 Å². The highest BCUT2D eigenvalue weighted by atomic mass is 32.2. The van der Waals surface area contributed by atoms with Crippen LogP contribution in [0.15, 0.2) is 41.8 Å². The molecule has 2 heterocycles. The summed E-state index contributed by atoms with van der Waals surface area (Å²) >= 11 is 1.38. The highest BCUT2D eigenvalue weighted by Crippen LogP contribution is 2.29. The molecular weight excluding hydrogens is 362 g/mol. The van der Waals surface area contributed by atoms with E-state index in [1.165, 1.54) is 18.1 Å². The first-order valence-electron chi connectivity index (χ1n) is 8.61. The van der Waals surface area contributed by atoms with Crippen molar-refractivity contribution in [2.75, 3.05) is 5.32 Å². The van der Waals surface area contributed by atoms with Crippen molar-refractivity contribution >= 4 is 40.2 Å². The van der Waals surface area contributed by atoms with Crippen LogP contribution in [0.5, 0.6) is 0 Å². The Balaban J connectivity index is 1.72. The topological polar surface area (TPSA) is 89.8 Å². The smallest absolute Gasteiger partial charge is 0.226 e. The number of Topliss-reactive ketones (excluding diaryl/α,β-unsaturated/α-hetero) is 1. The van der Waals surface area contributed by atoms with Crippen LogP contribution in [0.1, 0.15) is 31.1 Å². The lowest BCUT2D eigenvalue weighted by Gasteiger charge is -2.11. The molecule has 0 fully saturated rings. The Morgan fingerprint density at radius 2 is 1.81 bits per heavy atom. The van der Waals surface area contributed by atoms with E-state index in [0.717, 1.165) is 16.1 Å². The zero-order valence-corrected chi connectivity index (χ0v) is 16.4. The van der Waals surface area contributed by atoms with Gasteiger partial charge in [-0.1, -0.05) is 25.6 Å². The summed E-state index contributed by atoms with van der Waals surface area (Å²) in [5.41, 5.74) is 2.00. The number of carbonyl (C=O) groups excluding carboxylic acids is 2. The Morgan fingerprint density at radius 3 is 2.48 bits per heavy atom. The molecule has 27 heavy (non-hydrogen) atoms. The van der Waals surface area contributed by atoms with Gasteiger partial charge >= 0.3 is 0 Å². The van der Waals surface area contributed by atoms with Gasteiger partial charge in [0.25, 0.3) is 0 Å². The highest BCUT2D eigenvalue weighted by molar-refractivity contribution is 8.00. The Kier molecular flexibility index (Phi) is 5.55. The van der Waals surface area contributed by atoms with Crippen LogP contribution in [0.4, 0.5) is 5.69 Å². The Morgan fingerprint density at radius 1 is 1.11 bits per heavy atom. The second-order valence-electron chi connectivity index (χ2n) is 6.53. The van der Waals surface area contributed by atoms with E-state index in [1.807, 2.05) is 27.8 Å². The molecule has 3 rings (SSSR count). The van der Waals surface area contributed by atoms with Crippen molar-refractivity contribution < 1.29 is 9.59 Å². The molecule has 0 aliphatic heterocycles. The number of hydrogen-bond donors (Lipinski definition) is 1. The molecule has 1 atom stereocenters. The number of fused-ring (bicyclic) bond motifs is 1. The maximum absolute atomic E-state index is 12.8. The number of aromatic nitrogens is 4. The average molecular weight is 383 g/mol. The number of hydrogen-bond acceptors (Lipinski definition) is 6. The first-order valence-corrected chi connectivity index (χ1v) is 9.49. The van der Waals surface area contributed by atoms with Gasteiger partial charge in [-0.05, 0) is 31.2 Å². The molecule has 140 valence electrons. The minimum atomic E-state index is -0.320. The van der Waals surface area contributed by atoms with Gasteiger partial charge in [0.2, 0.25) is 5.91 Å². The van der Waals surface area contributed by atoms with Gasteiger partial charge in [-0.15, -0.1) is 0 Å². The van der Waals surface area contributed by atoms with E-state index < -0.39 is 0 Å². The van der Waals surface area contributed by atoms with Gasteiger partial charge in [0.05, 0.1) is 16.8 Å². The van der Waals surface area contributed by atoms with Crippen LogP contribution in [0, 0.1) is 5.92 Å². The third kappa shape index (κ3) is 4.16. The summed E-state index contributed by atoms with van der Waals surface area (Å²) in [7, 11) is 1.82. The molecule has 1 N–H and O–H groups in total. The van der Waals surface area contributed by atoms with Crippen LogP contribution < -0.4 is 5.32 Å². The van der Waals surface area contributed by atoms with Crippen molar-refractivity contribution in [3.63, 3.8) is 0 Å². The first-order chi connectivity index (χ1) is 12.9. The molecule has 1 unspecified atom stereocenters. The molecule has 0 saturated carbocycles. The largest absolute Gasteiger partial charge is 0.326 e. The van der Waals surface area contributed by atoms with Crippen molar-refractivity contribution in [1.82, 2.24) is 19.7 Å². The molecule has 7 nitrogen and oxygen atoms in total. The molecule has 2 aromatic heterocycles. The maximum Gasteiger partial charge on any atom is 0.226 e. The molecule has 0 aliphatic carbocycles. The third-order valence-corrected chi connectivity index (χ3v) is 5.23. The number of anilines is 1. The van der Waals surface area contributed by atoms with E-state index in [-0.39, 0.29) is 22.9 Å². The quantitative estimate of drug-likeness (QED) is 0.399. The highest BCUT2D eigenvalue weighted by Gasteiger charge is 2.19. The Labute approximate surface area is 161 Å². The van der Waals surface area contributed by atoms with Crippen LogP contribution in [0.3, 0.4) is 0 Å². The molecular formula is C19H21N5O2S. The van der Waals surface area contributed by atoms with Crippen LogP contribution in [-0.4, -0.2) is 36.7 Å². The van der Waals surface area contributed by atoms with Crippen LogP contribution >= 0.6 is 11.8 Å². The van der Waals surface area contributed by atoms with Crippen molar-refractivity contribution in [1.29, 1.82) is 0 Å². The fraction of sp³-hybridized carbons (Fsp3) is 0.316. The van der Waals surface area contributed by atoms with Crippen LogP contribution in [0.2, 0.25) is 0 Å². The normalized spacial score (nSPS) is 12.3. The summed E-state index contributed by atoms with van der Waals surface area (Å²) in [5.74, 6) is -0.153. The lowest BCUT2D eigenvalue weighted by Crippen LogP contribution is -2.18. The van der Waals surface area contributed by atoms with Gasteiger partial charge in [0.1, 0.15) is 11.4 Å². The Hall–Kier alpha value is -2.74. The number of ketones is 1. The van der Waals surface area contributed by atoms with E-state index in [4.69, 9.17) is 0 Å². The minimum Gasteiger partial charge on any atom is -0.326 e. The summed E-state index contributed by atoms with van der Waals surface area (Å²) in [5, 5.41) is 8.25. The fourth-order valence-corrected chi connectivity index (χ4v) is 3.45. The minimum absolute atomic E-state index is 0.00242. The standard InChI is InChI=1S/C19H21N5O2S/c1-11(2)18(26)23-14-7-5-13(6-8-14)16(25)12(3)27-19-15-9-22-24(4)17(15)20-10-21-19/h5-12H,1-4H3,(H,23,26). The zero-order chi connectivity index (χ0) is 19.6. The van der Waals surface area contributed by atoms with Crippen LogP contribution in [0.25, 0.3) is 11.0 Å². The van der Waals surface area contributed by atoms with Gasteiger partial charge in [-0.3, -0.25) is 14.3 Å². The van der Waals surface area contributed by atoms with Crippen LogP contribution in [-0.2, 0) is 11.8 Å². The first kappa shape index (κ1) is 19.0. The van der Waals surface area contributed by atoms with Crippen molar-refractivity contribution in [3.8, 4) is 0 Å². The molecule has 0 saturated heterocycles. The number of benzene rings is 1. The Bertz CT molecular complexity index is 981. The lowest BCUT2D eigenvalue weighted by molar-refractivity contribution is -0.118. The molecule has 0 aliphatic rings. The number of rotatable bonds is 6. The van der Waals surface area contributed by atoms with E-state index in [0.29, 0.717) is 11.3 Å². The predicted octanol–water partition coefficient (Wildman–Crippen LogP) is 3.32. The maximum atomic E-state index is 12.8. The number of nitrogens with zero attached hydrogens (tertiary/aromatic N) is 4. The second kappa shape index (κ2) is 7.87. The second-order valence-corrected chi connectivity index (χ2v) is 7.86. The van der Waals surface area contributed by atoms with E-state index in [2.05, 4.69) is 20.4 Å². The molecule has 0 radical (unpaired) electrons. The molecule has 1 aromatic carbocycles. The van der Waals surface area contributed by atoms with Gasteiger partial charge in [0, 0.05) is 24.2 Å². The molecule has 1 amide bonds. The number of carbonyl (C=O) groups is 2. The summed E-state index contributed by atoms with van der Waals surface area (Å²) in [6, 6.07) is 6.95. The molecule has 0 spiro atoms. The van der Waals surface area contributed by atoms with Gasteiger partial charge < -0.3 is 5.32 Å². The SMILES string of the molecule is CC(C)C(=O)Nc1ccc(C(=O)C(C)Sc2ncnc3c2cnn3C)cc1. The molecule has 8 heteroatoms. The average Bonchev–Trinajstić information content (AvgIpc) is 3.04. The van der Waals surface area contributed by atoms with Crippen molar-refractivity contribution in [2.45, 2.75) is 31.0 Å². The van der Waals surface area contributed by atoms with Gasteiger partial charge in [-0.25, -0.2) is 9.97 Å². The van der Waals surface area contributed by atoms with Gasteiger partial charge in [-0.2, -0.15) is 5.10 Å². The fourth-order valence-electron chi connectivity index (χ4n) is 2.49.